The van der Waals surface area contributed by atoms with Gasteiger partial charge in [-0.3, -0.25) is 5.10 Å². The Labute approximate surface area is 97.1 Å². The Balaban J connectivity index is 2.36. The molecule has 0 spiro atoms. The van der Waals surface area contributed by atoms with Crippen molar-refractivity contribution >= 4 is 18.4 Å². The van der Waals surface area contributed by atoms with Gasteiger partial charge in [0.1, 0.15) is 11.6 Å². The molecule has 1 heterocycles. The van der Waals surface area contributed by atoms with Crippen molar-refractivity contribution in [2.75, 3.05) is 0 Å². The quantitative estimate of drug-likeness (QED) is 0.615. The van der Waals surface area contributed by atoms with Gasteiger partial charge in [-0.1, -0.05) is 12.1 Å². The van der Waals surface area contributed by atoms with E-state index in [0.29, 0.717) is 16.2 Å². The van der Waals surface area contributed by atoms with Crippen LogP contribution >= 0.6 is 12.2 Å². The summed E-state index contributed by atoms with van der Waals surface area (Å²) < 4.78 is 1.91. The molecule has 82 valence electrons. The molecule has 1 aromatic carbocycles. The van der Waals surface area contributed by atoms with Gasteiger partial charge in [0.15, 0.2) is 0 Å². The van der Waals surface area contributed by atoms with Crippen LogP contribution in [0.15, 0.2) is 29.4 Å². The standard InChI is InChI=1S/C10H10N4OS/c1-7-12-13-10(16)14(7)11-6-8-4-2-3-5-9(8)15/h2-6,15H,1H3,(H,13,16). The van der Waals surface area contributed by atoms with Crippen molar-refractivity contribution in [3.63, 3.8) is 0 Å². The molecular formula is C10H10N4OS. The van der Waals surface area contributed by atoms with Gasteiger partial charge in [-0.05, 0) is 31.3 Å². The second-order valence-corrected chi connectivity index (χ2v) is 3.58. The van der Waals surface area contributed by atoms with Crippen molar-refractivity contribution in [3.05, 3.63) is 40.4 Å². The third-order valence-electron chi connectivity index (χ3n) is 2.06. The first-order chi connectivity index (χ1) is 7.68. The molecule has 1 aromatic heterocycles. The van der Waals surface area contributed by atoms with Gasteiger partial charge in [-0.25, -0.2) is 0 Å². The highest BCUT2D eigenvalue weighted by Gasteiger charge is 1.98. The van der Waals surface area contributed by atoms with Crippen molar-refractivity contribution < 1.29 is 5.11 Å². The number of benzene rings is 1. The van der Waals surface area contributed by atoms with E-state index in [1.165, 1.54) is 10.9 Å². The predicted molar refractivity (Wildman–Crippen MR) is 63.2 cm³/mol. The summed E-state index contributed by atoms with van der Waals surface area (Å²) in [5, 5.41) is 20.2. The zero-order valence-electron chi connectivity index (χ0n) is 8.58. The number of phenols is 1. The molecule has 0 aliphatic rings. The molecule has 5 nitrogen and oxygen atoms in total. The first-order valence-electron chi connectivity index (χ1n) is 4.65. The lowest BCUT2D eigenvalue weighted by atomic mass is 10.2. The topological polar surface area (TPSA) is 66.2 Å². The van der Waals surface area contributed by atoms with Crippen LogP contribution in [-0.4, -0.2) is 26.2 Å². The molecule has 2 rings (SSSR count). The molecule has 0 aliphatic heterocycles. The van der Waals surface area contributed by atoms with E-state index >= 15 is 0 Å². The molecule has 6 heteroatoms. The Kier molecular flexibility index (Phi) is 2.82. The minimum atomic E-state index is 0.180. The van der Waals surface area contributed by atoms with Crippen LogP contribution < -0.4 is 0 Å². The third kappa shape index (κ3) is 2.01. The van der Waals surface area contributed by atoms with Crippen LogP contribution in [0.5, 0.6) is 5.75 Å². The van der Waals surface area contributed by atoms with E-state index in [1.807, 2.05) is 6.07 Å². The highest BCUT2D eigenvalue weighted by molar-refractivity contribution is 7.71. The SMILES string of the molecule is Cc1n[nH]c(=S)n1N=Cc1ccccc1O. The monoisotopic (exact) mass is 234 g/mol. The second-order valence-electron chi connectivity index (χ2n) is 3.19. The van der Waals surface area contributed by atoms with E-state index < -0.39 is 0 Å². The van der Waals surface area contributed by atoms with Gasteiger partial charge in [-0.2, -0.15) is 14.9 Å². The van der Waals surface area contributed by atoms with Gasteiger partial charge in [0.25, 0.3) is 0 Å². The lowest BCUT2D eigenvalue weighted by molar-refractivity contribution is 0.474. The molecule has 0 saturated carbocycles. The fourth-order valence-electron chi connectivity index (χ4n) is 1.22. The summed E-state index contributed by atoms with van der Waals surface area (Å²) in [4.78, 5) is 0. The van der Waals surface area contributed by atoms with Gasteiger partial charge < -0.3 is 5.11 Å². The maximum absolute atomic E-state index is 9.53. The van der Waals surface area contributed by atoms with Crippen LogP contribution in [0.25, 0.3) is 0 Å². The zero-order valence-corrected chi connectivity index (χ0v) is 9.40. The van der Waals surface area contributed by atoms with Crippen LogP contribution in [0, 0.1) is 11.7 Å². The molecule has 2 N–H and O–H groups in total. The van der Waals surface area contributed by atoms with Crippen LogP contribution in [0.2, 0.25) is 0 Å². The molecule has 0 saturated heterocycles. The molecule has 0 amide bonds. The molecule has 16 heavy (non-hydrogen) atoms. The van der Waals surface area contributed by atoms with Crippen molar-refractivity contribution in [2.45, 2.75) is 6.92 Å². The van der Waals surface area contributed by atoms with E-state index in [4.69, 9.17) is 12.2 Å². The second kappa shape index (κ2) is 4.28. The van der Waals surface area contributed by atoms with Gasteiger partial charge in [0.2, 0.25) is 4.77 Å². The Morgan fingerprint density at radius 2 is 2.25 bits per heavy atom. The number of nitrogens with zero attached hydrogens (tertiary/aromatic N) is 3. The molecule has 0 fully saturated rings. The minimum absolute atomic E-state index is 0.180. The zero-order chi connectivity index (χ0) is 11.5. The third-order valence-corrected chi connectivity index (χ3v) is 2.33. The average molecular weight is 234 g/mol. The lowest BCUT2D eigenvalue weighted by Gasteiger charge is -1.97. The number of phenolic OH excluding ortho intramolecular Hbond substituents is 1. The van der Waals surface area contributed by atoms with Gasteiger partial charge in [-0.15, -0.1) is 0 Å². The largest absolute Gasteiger partial charge is 0.507 e. The average Bonchev–Trinajstić information content (AvgIpc) is 2.58. The summed E-state index contributed by atoms with van der Waals surface area (Å²) in [7, 11) is 0. The normalized spacial score (nSPS) is 11.1. The first kappa shape index (κ1) is 10.6. The van der Waals surface area contributed by atoms with E-state index in [-0.39, 0.29) is 5.75 Å². The van der Waals surface area contributed by atoms with Crippen molar-refractivity contribution in [1.82, 2.24) is 14.9 Å². The first-order valence-corrected chi connectivity index (χ1v) is 5.05. The number of para-hydroxylation sites is 1. The van der Waals surface area contributed by atoms with Crippen LogP contribution in [0.3, 0.4) is 0 Å². The Bertz CT molecular complexity index is 585. The van der Waals surface area contributed by atoms with Crippen molar-refractivity contribution in [3.8, 4) is 5.75 Å². The lowest BCUT2D eigenvalue weighted by Crippen LogP contribution is -1.93. The molecule has 0 aliphatic carbocycles. The fraction of sp³-hybridized carbons (Fsp3) is 0.100. The number of H-pyrrole nitrogens is 1. The molecule has 0 radical (unpaired) electrons. The highest BCUT2D eigenvalue weighted by Crippen LogP contribution is 2.12. The number of aromatic amines is 1. The molecule has 2 aromatic rings. The van der Waals surface area contributed by atoms with E-state index in [2.05, 4.69) is 15.3 Å². The van der Waals surface area contributed by atoms with Crippen molar-refractivity contribution in [1.29, 1.82) is 0 Å². The molecular weight excluding hydrogens is 224 g/mol. The summed E-state index contributed by atoms with van der Waals surface area (Å²) in [6.45, 7) is 1.79. The fourth-order valence-corrected chi connectivity index (χ4v) is 1.45. The summed E-state index contributed by atoms with van der Waals surface area (Å²) in [6.07, 6.45) is 1.54. The van der Waals surface area contributed by atoms with Crippen LogP contribution in [-0.2, 0) is 0 Å². The maximum Gasteiger partial charge on any atom is 0.216 e. The number of hydrogen-bond donors (Lipinski definition) is 2. The van der Waals surface area contributed by atoms with Crippen LogP contribution in [0.4, 0.5) is 0 Å². The number of hydrogen-bond acceptors (Lipinski definition) is 4. The highest BCUT2D eigenvalue weighted by atomic mass is 32.1. The number of aromatic nitrogens is 3. The Morgan fingerprint density at radius 1 is 1.50 bits per heavy atom. The summed E-state index contributed by atoms with van der Waals surface area (Å²) in [5.41, 5.74) is 0.630. The minimum Gasteiger partial charge on any atom is -0.507 e. The van der Waals surface area contributed by atoms with E-state index in [0.717, 1.165) is 0 Å². The molecule has 0 bridgehead atoms. The van der Waals surface area contributed by atoms with E-state index in [1.54, 1.807) is 25.1 Å². The predicted octanol–water partition coefficient (Wildman–Crippen LogP) is 1.84. The Morgan fingerprint density at radius 3 is 2.88 bits per heavy atom. The summed E-state index contributed by atoms with van der Waals surface area (Å²) in [5.74, 6) is 0.843. The smallest absolute Gasteiger partial charge is 0.216 e. The number of aromatic hydroxyl groups is 1. The van der Waals surface area contributed by atoms with Crippen LogP contribution in [0.1, 0.15) is 11.4 Å². The summed E-state index contributed by atoms with van der Waals surface area (Å²) >= 11 is 4.99. The van der Waals surface area contributed by atoms with Crippen molar-refractivity contribution in [2.24, 2.45) is 5.10 Å². The molecule has 0 unspecified atom stereocenters. The molecule has 0 atom stereocenters. The van der Waals surface area contributed by atoms with Gasteiger partial charge in [0.05, 0.1) is 6.21 Å². The van der Waals surface area contributed by atoms with Gasteiger partial charge >= 0.3 is 0 Å². The number of nitrogens with one attached hydrogen (secondary N) is 1. The number of aryl methyl sites for hydroxylation is 1. The van der Waals surface area contributed by atoms with E-state index in [9.17, 15) is 5.11 Å². The van der Waals surface area contributed by atoms with Gasteiger partial charge in [0, 0.05) is 5.56 Å². The Hall–Kier alpha value is -1.95. The maximum atomic E-state index is 9.53. The number of rotatable bonds is 2. The summed E-state index contributed by atoms with van der Waals surface area (Å²) in [6, 6.07) is 6.94.